The summed E-state index contributed by atoms with van der Waals surface area (Å²) in [4.78, 5) is 25.9. The van der Waals surface area contributed by atoms with Crippen LogP contribution >= 0.6 is 11.6 Å². The highest BCUT2D eigenvalue weighted by Crippen LogP contribution is 2.27. The smallest absolute Gasteiger partial charge is 0.253 e. The van der Waals surface area contributed by atoms with E-state index >= 15 is 0 Å². The summed E-state index contributed by atoms with van der Waals surface area (Å²) in [5.74, 6) is 0.554. The number of halogens is 1. The Morgan fingerprint density at radius 2 is 2.14 bits per heavy atom. The molecule has 2 fully saturated rings. The van der Waals surface area contributed by atoms with Gasteiger partial charge in [-0.3, -0.25) is 9.59 Å². The van der Waals surface area contributed by atoms with Gasteiger partial charge in [0.15, 0.2) is 0 Å². The number of hydrogen-bond donors (Lipinski definition) is 1. The maximum Gasteiger partial charge on any atom is 0.253 e. The number of fused-ring (bicyclic) bond motifs is 1. The fraction of sp³-hybridized carbons (Fsp3) is 0.500. The molecule has 0 aromatic heterocycles. The fourth-order valence-electron chi connectivity index (χ4n) is 3.34. The van der Waals surface area contributed by atoms with Crippen LogP contribution in [0.15, 0.2) is 18.2 Å². The maximum atomic E-state index is 12.6. The van der Waals surface area contributed by atoms with Crippen LogP contribution in [0.1, 0.15) is 35.2 Å². The topological polar surface area (TPSA) is 49.4 Å². The molecule has 0 bridgehead atoms. The van der Waals surface area contributed by atoms with Gasteiger partial charge in [-0.2, -0.15) is 0 Å². The minimum absolute atomic E-state index is 0.0379. The monoisotopic (exact) mass is 306 g/mol. The first kappa shape index (κ1) is 14.4. The third kappa shape index (κ3) is 3.05. The molecule has 112 valence electrons. The van der Waals surface area contributed by atoms with Crippen molar-refractivity contribution in [3.63, 3.8) is 0 Å². The van der Waals surface area contributed by atoms with Gasteiger partial charge >= 0.3 is 0 Å². The van der Waals surface area contributed by atoms with E-state index in [2.05, 4.69) is 5.32 Å². The molecule has 3 rings (SSSR count). The molecule has 1 N–H and O–H groups in total. The van der Waals surface area contributed by atoms with Crippen LogP contribution in [0.25, 0.3) is 0 Å². The van der Waals surface area contributed by atoms with Gasteiger partial charge in [-0.05, 0) is 49.4 Å². The molecule has 2 aliphatic rings. The molecule has 4 nitrogen and oxygen atoms in total. The van der Waals surface area contributed by atoms with Crippen molar-refractivity contribution < 1.29 is 9.59 Å². The molecular formula is C16H19ClN2O2. The van der Waals surface area contributed by atoms with Crippen LogP contribution < -0.4 is 5.32 Å². The zero-order valence-corrected chi connectivity index (χ0v) is 12.8. The van der Waals surface area contributed by atoms with Crippen LogP contribution in [0.3, 0.4) is 0 Å². The van der Waals surface area contributed by atoms with Gasteiger partial charge in [-0.25, -0.2) is 0 Å². The predicted molar refractivity (Wildman–Crippen MR) is 81.4 cm³/mol. The van der Waals surface area contributed by atoms with E-state index in [-0.39, 0.29) is 17.9 Å². The Morgan fingerprint density at radius 1 is 1.33 bits per heavy atom. The summed E-state index contributed by atoms with van der Waals surface area (Å²) in [6.45, 7) is 3.34. The first-order valence-electron chi connectivity index (χ1n) is 7.39. The molecule has 2 saturated heterocycles. The zero-order valence-electron chi connectivity index (χ0n) is 12.1. The number of aryl methyl sites for hydroxylation is 1. The molecule has 2 amide bonds. The van der Waals surface area contributed by atoms with Crippen LogP contribution in [0.5, 0.6) is 0 Å². The van der Waals surface area contributed by atoms with Crippen molar-refractivity contribution in [2.24, 2.45) is 5.92 Å². The highest BCUT2D eigenvalue weighted by atomic mass is 35.5. The van der Waals surface area contributed by atoms with Crippen LogP contribution in [0.4, 0.5) is 0 Å². The van der Waals surface area contributed by atoms with E-state index in [4.69, 9.17) is 11.6 Å². The summed E-state index contributed by atoms with van der Waals surface area (Å²) in [5, 5.41) is 3.63. The predicted octanol–water partition coefficient (Wildman–Crippen LogP) is 2.39. The summed E-state index contributed by atoms with van der Waals surface area (Å²) in [6.07, 6.45) is 2.27. The summed E-state index contributed by atoms with van der Waals surface area (Å²) in [6, 6.07) is 5.69. The van der Waals surface area contributed by atoms with Gasteiger partial charge in [-0.15, -0.1) is 0 Å². The molecule has 2 aliphatic heterocycles. The molecule has 0 radical (unpaired) electrons. The minimum atomic E-state index is 0.0379. The summed E-state index contributed by atoms with van der Waals surface area (Å²) >= 11 is 6.04. The molecule has 2 heterocycles. The number of rotatable bonds is 1. The van der Waals surface area contributed by atoms with Gasteiger partial charge in [0.1, 0.15) is 0 Å². The molecular weight excluding hydrogens is 288 g/mol. The number of nitrogens with one attached hydrogen (secondary N) is 1. The summed E-state index contributed by atoms with van der Waals surface area (Å²) in [7, 11) is 0. The molecule has 2 unspecified atom stereocenters. The van der Waals surface area contributed by atoms with Crippen molar-refractivity contribution in [2.45, 2.75) is 32.2 Å². The first-order valence-corrected chi connectivity index (χ1v) is 7.76. The van der Waals surface area contributed by atoms with Gasteiger partial charge in [0.25, 0.3) is 5.91 Å². The number of likely N-dealkylation sites (tertiary alicyclic amines) is 1. The zero-order chi connectivity index (χ0) is 15.0. The van der Waals surface area contributed by atoms with Crippen LogP contribution in [0.2, 0.25) is 5.02 Å². The van der Waals surface area contributed by atoms with E-state index in [0.717, 1.165) is 24.9 Å². The molecule has 0 saturated carbocycles. The van der Waals surface area contributed by atoms with Crippen molar-refractivity contribution in [3.05, 3.63) is 34.3 Å². The quantitative estimate of drug-likeness (QED) is 0.866. The lowest BCUT2D eigenvalue weighted by molar-refractivity contribution is -0.125. The van der Waals surface area contributed by atoms with Crippen molar-refractivity contribution in [3.8, 4) is 0 Å². The van der Waals surface area contributed by atoms with Crippen molar-refractivity contribution in [2.75, 3.05) is 13.1 Å². The number of amides is 2. The summed E-state index contributed by atoms with van der Waals surface area (Å²) in [5.41, 5.74) is 1.64. The summed E-state index contributed by atoms with van der Waals surface area (Å²) < 4.78 is 0. The third-order valence-corrected chi connectivity index (χ3v) is 4.62. The van der Waals surface area contributed by atoms with E-state index in [1.54, 1.807) is 6.07 Å². The van der Waals surface area contributed by atoms with Crippen LogP contribution in [-0.4, -0.2) is 35.8 Å². The number of carbonyl (C=O) groups is 2. The molecule has 1 aromatic rings. The van der Waals surface area contributed by atoms with E-state index in [1.807, 2.05) is 24.0 Å². The van der Waals surface area contributed by atoms with Gasteiger partial charge in [-0.1, -0.05) is 11.6 Å². The average Bonchev–Trinajstić information content (AvgIpc) is 2.45. The van der Waals surface area contributed by atoms with E-state index < -0.39 is 0 Å². The number of nitrogens with zero attached hydrogens (tertiary/aromatic N) is 1. The van der Waals surface area contributed by atoms with Gasteiger partial charge in [0, 0.05) is 36.1 Å². The molecule has 21 heavy (non-hydrogen) atoms. The van der Waals surface area contributed by atoms with Crippen molar-refractivity contribution in [1.82, 2.24) is 10.2 Å². The molecule has 2 atom stereocenters. The maximum absolute atomic E-state index is 12.6. The molecule has 5 heteroatoms. The number of hydrogen-bond acceptors (Lipinski definition) is 2. The van der Waals surface area contributed by atoms with Gasteiger partial charge in [0.2, 0.25) is 5.91 Å². The largest absolute Gasteiger partial charge is 0.353 e. The van der Waals surface area contributed by atoms with E-state index in [0.29, 0.717) is 29.5 Å². The second-order valence-electron chi connectivity index (χ2n) is 6.03. The highest BCUT2D eigenvalue weighted by molar-refractivity contribution is 6.31. The normalized spacial score (nSPS) is 25.2. The Bertz CT molecular complexity index is 567. The van der Waals surface area contributed by atoms with Crippen molar-refractivity contribution >= 4 is 23.4 Å². The fourth-order valence-corrected chi connectivity index (χ4v) is 3.63. The second-order valence-corrected chi connectivity index (χ2v) is 6.47. The minimum Gasteiger partial charge on any atom is -0.353 e. The lowest BCUT2D eigenvalue weighted by Gasteiger charge is -2.41. The lowest BCUT2D eigenvalue weighted by Crippen LogP contribution is -2.55. The Hall–Kier alpha value is -1.55. The number of benzene rings is 1. The molecule has 0 aliphatic carbocycles. The van der Waals surface area contributed by atoms with Crippen LogP contribution in [0, 0.1) is 12.8 Å². The molecule has 0 spiro atoms. The first-order chi connectivity index (χ1) is 10.0. The number of piperidine rings is 2. The van der Waals surface area contributed by atoms with Crippen LogP contribution in [-0.2, 0) is 4.79 Å². The Balaban J connectivity index is 1.73. The van der Waals surface area contributed by atoms with E-state index in [9.17, 15) is 9.59 Å². The molecule has 1 aromatic carbocycles. The second kappa shape index (κ2) is 5.68. The SMILES string of the molecule is Cc1cc(Cl)cc(C(=O)N2CCC3NC(=O)CCC3C2)c1. The number of carbonyl (C=O) groups excluding carboxylic acids is 2. The Kier molecular flexibility index (Phi) is 3.89. The standard InChI is InChI=1S/C16H19ClN2O2/c1-10-6-12(8-13(17)7-10)16(21)19-5-4-14-11(9-19)2-3-15(20)18-14/h6-8,11,14H,2-5,9H2,1H3,(H,18,20). The lowest BCUT2D eigenvalue weighted by atomic mass is 9.85. The highest BCUT2D eigenvalue weighted by Gasteiger charge is 2.35. The van der Waals surface area contributed by atoms with Gasteiger partial charge in [0.05, 0.1) is 0 Å². The van der Waals surface area contributed by atoms with Gasteiger partial charge < -0.3 is 10.2 Å². The van der Waals surface area contributed by atoms with E-state index in [1.165, 1.54) is 0 Å². The van der Waals surface area contributed by atoms with Crippen molar-refractivity contribution in [1.29, 1.82) is 0 Å². The average molecular weight is 307 g/mol. The third-order valence-electron chi connectivity index (χ3n) is 4.40. The Morgan fingerprint density at radius 3 is 2.90 bits per heavy atom. The Labute approximate surface area is 129 Å².